The van der Waals surface area contributed by atoms with Crippen molar-refractivity contribution in [2.24, 2.45) is 19.1 Å². The monoisotopic (exact) mass is 249 g/mol. The average molecular weight is 249 g/mol. The van der Waals surface area contributed by atoms with Gasteiger partial charge in [0.25, 0.3) is 5.91 Å². The second-order valence-corrected chi connectivity index (χ2v) is 4.59. The van der Waals surface area contributed by atoms with Crippen molar-refractivity contribution >= 4 is 17.4 Å². The fraction of sp³-hybridized carbons (Fsp3) is 0.182. The highest BCUT2D eigenvalue weighted by atomic mass is 32.1. The number of carbonyl (C=O) groups excluding carboxylic acids is 1. The van der Waals surface area contributed by atoms with Crippen LogP contribution in [0.15, 0.2) is 40.1 Å². The summed E-state index contributed by atoms with van der Waals surface area (Å²) >= 11 is 1.14. The standard InChI is InChI=1S/C11H11N3O2S/c1-13-10(17-14(2)11(13)16)12-9(15)8-6-4-3-5-7-8/h3-7H,1-2H3. The van der Waals surface area contributed by atoms with Gasteiger partial charge in [0.1, 0.15) is 0 Å². The van der Waals surface area contributed by atoms with E-state index in [9.17, 15) is 9.59 Å². The van der Waals surface area contributed by atoms with Gasteiger partial charge in [-0.05, 0) is 23.7 Å². The highest BCUT2D eigenvalue weighted by molar-refractivity contribution is 7.03. The Morgan fingerprint density at radius 2 is 1.88 bits per heavy atom. The van der Waals surface area contributed by atoms with Crippen molar-refractivity contribution in [1.29, 1.82) is 0 Å². The zero-order valence-corrected chi connectivity index (χ0v) is 10.3. The molecule has 1 aromatic carbocycles. The van der Waals surface area contributed by atoms with E-state index in [1.165, 1.54) is 8.52 Å². The molecule has 6 heteroatoms. The summed E-state index contributed by atoms with van der Waals surface area (Å²) < 4.78 is 2.78. The molecule has 1 heterocycles. The summed E-state index contributed by atoms with van der Waals surface area (Å²) in [6.45, 7) is 0. The molecular weight excluding hydrogens is 238 g/mol. The maximum absolute atomic E-state index is 11.8. The molecule has 0 N–H and O–H groups in total. The second-order valence-electron chi connectivity index (χ2n) is 3.50. The fourth-order valence-electron chi connectivity index (χ4n) is 1.34. The van der Waals surface area contributed by atoms with Crippen LogP contribution in [-0.2, 0) is 14.1 Å². The lowest BCUT2D eigenvalue weighted by atomic mass is 10.2. The Kier molecular flexibility index (Phi) is 3.06. The quantitative estimate of drug-likeness (QED) is 0.740. The van der Waals surface area contributed by atoms with Gasteiger partial charge in [0.2, 0.25) is 4.80 Å². The molecule has 2 rings (SSSR count). The molecule has 0 aliphatic rings. The summed E-state index contributed by atoms with van der Waals surface area (Å²) in [6.07, 6.45) is 0. The Bertz CT molecular complexity index is 664. The third-order valence-corrected chi connectivity index (χ3v) is 3.24. The molecule has 0 fully saturated rings. The van der Waals surface area contributed by atoms with Crippen LogP contribution < -0.4 is 10.5 Å². The minimum atomic E-state index is -0.344. The molecule has 1 aromatic heterocycles. The number of hydrogen-bond donors (Lipinski definition) is 0. The van der Waals surface area contributed by atoms with Crippen LogP contribution in [0.25, 0.3) is 0 Å². The minimum Gasteiger partial charge on any atom is -0.271 e. The largest absolute Gasteiger partial charge is 0.339 e. The topological polar surface area (TPSA) is 56.4 Å². The predicted octanol–water partition coefficient (Wildman–Crippen LogP) is 0.526. The molecule has 0 saturated heterocycles. The van der Waals surface area contributed by atoms with Crippen molar-refractivity contribution in [1.82, 2.24) is 8.52 Å². The van der Waals surface area contributed by atoms with E-state index in [0.29, 0.717) is 10.4 Å². The third kappa shape index (κ3) is 2.26. The van der Waals surface area contributed by atoms with E-state index in [2.05, 4.69) is 4.99 Å². The van der Waals surface area contributed by atoms with Gasteiger partial charge in [0, 0.05) is 19.7 Å². The molecule has 0 unspecified atom stereocenters. The first kappa shape index (κ1) is 11.5. The molecule has 0 bridgehead atoms. The lowest BCUT2D eigenvalue weighted by Crippen LogP contribution is -2.26. The first-order valence-corrected chi connectivity index (χ1v) is 5.74. The Labute approximate surface area is 101 Å². The van der Waals surface area contributed by atoms with Gasteiger partial charge in [-0.2, -0.15) is 4.99 Å². The predicted molar refractivity (Wildman–Crippen MR) is 64.9 cm³/mol. The van der Waals surface area contributed by atoms with Gasteiger partial charge in [-0.25, -0.2) is 8.75 Å². The molecule has 2 aromatic rings. The number of benzene rings is 1. The third-order valence-electron chi connectivity index (χ3n) is 2.28. The van der Waals surface area contributed by atoms with Crippen molar-refractivity contribution in [3.63, 3.8) is 0 Å². The van der Waals surface area contributed by atoms with E-state index in [-0.39, 0.29) is 11.6 Å². The van der Waals surface area contributed by atoms with Crippen molar-refractivity contribution in [2.75, 3.05) is 0 Å². The number of amides is 1. The highest BCUT2D eigenvalue weighted by Crippen LogP contribution is 1.99. The van der Waals surface area contributed by atoms with Gasteiger partial charge < -0.3 is 0 Å². The summed E-state index contributed by atoms with van der Waals surface area (Å²) in [5.74, 6) is -0.344. The van der Waals surface area contributed by atoms with Crippen LogP contribution in [0.2, 0.25) is 0 Å². The normalized spacial score (nSPS) is 11.8. The zero-order valence-electron chi connectivity index (χ0n) is 9.45. The molecule has 17 heavy (non-hydrogen) atoms. The van der Waals surface area contributed by atoms with E-state index < -0.39 is 0 Å². The minimum absolute atomic E-state index is 0.186. The number of hydrogen-bond acceptors (Lipinski definition) is 3. The smallest absolute Gasteiger partial charge is 0.271 e. The van der Waals surface area contributed by atoms with Crippen LogP contribution >= 0.6 is 11.5 Å². The van der Waals surface area contributed by atoms with E-state index in [4.69, 9.17) is 0 Å². The van der Waals surface area contributed by atoms with Gasteiger partial charge in [0.15, 0.2) is 0 Å². The molecule has 0 spiro atoms. The fourth-order valence-corrected chi connectivity index (χ4v) is 2.11. The van der Waals surface area contributed by atoms with E-state index in [0.717, 1.165) is 11.5 Å². The summed E-state index contributed by atoms with van der Waals surface area (Å²) in [5, 5.41) is 0. The van der Waals surface area contributed by atoms with Gasteiger partial charge in [-0.15, -0.1) is 0 Å². The Hall–Kier alpha value is -1.95. The number of aromatic nitrogens is 2. The number of nitrogens with zero attached hydrogens (tertiary/aromatic N) is 3. The first-order valence-electron chi connectivity index (χ1n) is 4.97. The van der Waals surface area contributed by atoms with Crippen LogP contribution in [0, 0.1) is 0 Å². The molecule has 1 amide bonds. The van der Waals surface area contributed by atoms with Gasteiger partial charge in [-0.1, -0.05) is 18.2 Å². The van der Waals surface area contributed by atoms with Crippen molar-refractivity contribution < 1.29 is 4.79 Å². The molecule has 88 valence electrons. The molecule has 0 atom stereocenters. The second kappa shape index (κ2) is 4.50. The summed E-state index contributed by atoms with van der Waals surface area (Å²) in [5.41, 5.74) is 0.325. The van der Waals surface area contributed by atoms with Crippen molar-refractivity contribution in [3.8, 4) is 0 Å². The molecule has 0 radical (unpaired) electrons. The lowest BCUT2D eigenvalue weighted by Gasteiger charge is -1.92. The Morgan fingerprint density at radius 3 is 2.41 bits per heavy atom. The van der Waals surface area contributed by atoms with Crippen LogP contribution in [0.5, 0.6) is 0 Å². The van der Waals surface area contributed by atoms with Gasteiger partial charge in [0.05, 0.1) is 0 Å². The molecule has 0 aliphatic carbocycles. The first-order chi connectivity index (χ1) is 8.09. The SMILES string of the molecule is Cn1sc(=NC(=O)c2ccccc2)n(C)c1=O. The highest BCUT2D eigenvalue weighted by Gasteiger charge is 2.05. The van der Waals surface area contributed by atoms with E-state index >= 15 is 0 Å². The molecule has 5 nitrogen and oxygen atoms in total. The van der Waals surface area contributed by atoms with Gasteiger partial charge >= 0.3 is 5.69 Å². The summed E-state index contributed by atoms with van der Waals surface area (Å²) in [4.78, 5) is 27.6. The molecular formula is C11H11N3O2S. The van der Waals surface area contributed by atoms with E-state index in [1.54, 1.807) is 38.4 Å². The zero-order chi connectivity index (χ0) is 12.4. The van der Waals surface area contributed by atoms with Crippen molar-refractivity contribution in [2.45, 2.75) is 0 Å². The summed E-state index contributed by atoms with van der Waals surface area (Å²) in [7, 11) is 3.23. The number of carbonyl (C=O) groups is 1. The van der Waals surface area contributed by atoms with Crippen LogP contribution in [0.4, 0.5) is 0 Å². The molecule has 0 saturated carbocycles. The molecule has 0 aliphatic heterocycles. The Morgan fingerprint density at radius 1 is 1.24 bits per heavy atom. The van der Waals surface area contributed by atoms with Crippen LogP contribution in [0.1, 0.15) is 10.4 Å². The average Bonchev–Trinajstić information content (AvgIpc) is 2.58. The maximum atomic E-state index is 11.8. The van der Waals surface area contributed by atoms with Crippen molar-refractivity contribution in [3.05, 3.63) is 51.2 Å². The van der Waals surface area contributed by atoms with Crippen LogP contribution in [-0.4, -0.2) is 14.4 Å². The van der Waals surface area contributed by atoms with Crippen LogP contribution in [0.3, 0.4) is 0 Å². The summed E-state index contributed by atoms with van der Waals surface area (Å²) in [6, 6.07) is 8.76. The number of rotatable bonds is 1. The maximum Gasteiger partial charge on any atom is 0.339 e. The lowest BCUT2D eigenvalue weighted by molar-refractivity contribution is 0.0998. The van der Waals surface area contributed by atoms with E-state index in [1.807, 2.05) is 6.07 Å². The number of aryl methyl sites for hydroxylation is 1. The van der Waals surface area contributed by atoms with Gasteiger partial charge in [-0.3, -0.25) is 9.36 Å². The Balaban J connectivity index is 2.47.